The molecular weight excluding hydrogens is 270 g/mol. The third-order valence-electron chi connectivity index (χ3n) is 2.36. The zero-order valence-electron chi connectivity index (χ0n) is 10.5. The number of aromatic nitrogens is 2. The summed E-state index contributed by atoms with van der Waals surface area (Å²) in [6.45, 7) is 8.51. The van der Waals surface area contributed by atoms with Crippen LogP contribution in [0.4, 0.5) is 0 Å². The van der Waals surface area contributed by atoms with Gasteiger partial charge in [0.2, 0.25) is 10.0 Å². The van der Waals surface area contributed by atoms with Crippen molar-refractivity contribution in [2.24, 2.45) is 0 Å². The molecule has 0 aromatic carbocycles. The van der Waals surface area contributed by atoms with Gasteiger partial charge in [0.25, 0.3) is 0 Å². The molecule has 0 bridgehead atoms. The molecular formula is C11H15N3O4S. The largest absolute Gasteiger partial charge is 0.476 e. The van der Waals surface area contributed by atoms with E-state index in [2.05, 4.69) is 23.4 Å². The van der Waals surface area contributed by atoms with E-state index in [0.717, 1.165) is 4.31 Å². The number of H-pyrrole nitrogens is 1. The van der Waals surface area contributed by atoms with Crippen LogP contribution in [0.15, 0.2) is 30.2 Å². The molecule has 0 amide bonds. The van der Waals surface area contributed by atoms with E-state index in [9.17, 15) is 13.2 Å². The van der Waals surface area contributed by atoms with Crippen LogP contribution in [0.5, 0.6) is 0 Å². The van der Waals surface area contributed by atoms with E-state index in [1.165, 1.54) is 19.1 Å². The number of aromatic amines is 1. The van der Waals surface area contributed by atoms with Crippen molar-refractivity contribution >= 4 is 16.0 Å². The van der Waals surface area contributed by atoms with E-state index in [1.54, 1.807) is 0 Å². The van der Waals surface area contributed by atoms with E-state index >= 15 is 0 Å². The minimum Gasteiger partial charge on any atom is -0.476 e. The van der Waals surface area contributed by atoms with Crippen molar-refractivity contribution in [1.82, 2.24) is 14.5 Å². The number of hydrogen-bond acceptors (Lipinski definition) is 4. The predicted molar refractivity (Wildman–Crippen MR) is 69.4 cm³/mol. The van der Waals surface area contributed by atoms with Crippen LogP contribution in [-0.4, -0.2) is 47.1 Å². The number of nitrogens with zero attached hydrogens (tertiary/aromatic N) is 2. The summed E-state index contributed by atoms with van der Waals surface area (Å²) in [6.07, 6.45) is 2.83. The standard InChI is InChI=1S/C11H15N3O4S/c1-4-6-14(7-5-2)19(17,18)10-8(3)12-13-9(10)11(15)16/h4-5H,1-2,6-7H2,3H3,(H,12,13)(H,15,16). The van der Waals surface area contributed by atoms with E-state index in [1.807, 2.05) is 0 Å². The lowest BCUT2D eigenvalue weighted by molar-refractivity contribution is 0.0686. The Labute approximate surface area is 111 Å². The van der Waals surface area contributed by atoms with Gasteiger partial charge in [-0.1, -0.05) is 12.2 Å². The van der Waals surface area contributed by atoms with Crippen molar-refractivity contribution in [3.05, 3.63) is 36.7 Å². The third-order valence-corrected chi connectivity index (χ3v) is 4.35. The minimum absolute atomic E-state index is 0.0536. The molecule has 0 aliphatic carbocycles. The molecule has 0 fully saturated rings. The highest BCUT2D eigenvalue weighted by Crippen LogP contribution is 2.22. The number of sulfonamides is 1. The first-order chi connectivity index (χ1) is 8.86. The number of aromatic carboxylic acids is 1. The topological polar surface area (TPSA) is 103 Å². The molecule has 0 aliphatic heterocycles. The summed E-state index contributed by atoms with van der Waals surface area (Å²) in [6, 6.07) is 0. The van der Waals surface area contributed by atoms with E-state index in [-0.39, 0.29) is 23.7 Å². The van der Waals surface area contributed by atoms with Gasteiger partial charge in [-0.25, -0.2) is 13.2 Å². The number of nitrogens with one attached hydrogen (secondary N) is 1. The molecule has 1 aromatic heterocycles. The van der Waals surface area contributed by atoms with Gasteiger partial charge in [-0.2, -0.15) is 9.40 Å². The molecule has 0 saturated heterocycles. The molecule has 0 saturated carbocycles. The van der Waals surface area contributed by atoms with Gasteiger partial charge < -0.3 is 5.11 Å². The van der Waals surface area contributed by atoms with Crippen molar-refractivity contribution in [2.45, 2.75) is 11.8 Å². The van der Waals surface area contributed by atoms with Gasteiger partial charge in [-0.15, -0.1) is 13.2 Å². The highest BCUT2D eigenvalue weighted by atomic mass is 32.2. The molecule has 0 atom stereocenters. The quantitative estimate of drug-likeness (QED) is 0.720. The van der Waals surface area contributed by atoms with Crippen LogP contribution in [-0.2, 0) is 10.0 Å². The number of aryl methyl sites for hydroxylation is 1. The van der Waals surface area contributed by atoms with Crippen molar-refractivity contribution in [1.29, 1.82) is 0 Å². The Morgan fingerprint density at radius 2 is 1.95 bits per heavy atom. The predicted octanol–water partition coefficient (Wildman–Crippen LogP) is 0.779. The second-order valence-corrected chi connectivity index (χ2v) is 5.61. The van der Waals surface area contributed by atoms with Gasteiger partial charge in [0.1, 0.15) is 4.90 Å². The summed E-state index contributed by atoms with van der Waals surface area (Å²) in [5.74, 6) is -1.40. The fraction of sp³-hybridized carbons (Fsp3) is 0.273. The van der Waals surface area contributed by atoms with E-state index in [0.29, 0.717) is 0 Å². The molecule has 1 aromatic rings. The fourth-order valence-electron chi connectivity index (χ4n) is 1.57. The van der Waals surface area contributed by atoms with Crippen molar-refractivity contribution in [2.75, 3.05) is 13.1 Å². The second-order valence-electron chi connectivity index (χ2n) is 3.73. The van der Waals surface area contributed by atoms with Crippen LogP contribution in [0.25, 0.3) is 0 Å². The number of hydrogen-bond donors (Lipinski definition) is 2. The number of carboxylic acids is 1. The van der Waals surface area contributed by atoms with Gasteiger partial charge in [0.05, 0.1) is 5.69 Å². The van der Waals surface area contributed by atoms with Gasteiger partial charge in [0, 0.05) is 13.1 Å². The average molecular weight is 285 g/mol. The van der Waals surface area contributed by atoms with Crippen LogP contribution in [0.1, 0.15) is 16.2 Å². The first-order valence-corrected chi connectivity index (χ1v) is 6.80. The maximum Gasteiger partial charge on any atom is 0.357 e. The lowest BCUT2D eigenvalue weighted by Crippen LogP contribution is -2.32. The zero-order valence-corrected chi connectivity index (χ0v) is 11.3. The Balaban J connectivity index is 3.40. The zero-order chi connectivity index (χ0) is 14.6. The fourth-order valence-corrected chi connectivity index (χ4v) is 3.24. The third kappa shape index (κ3) is 2.91. The highest BCUT2D eigenvalue weighted by molar-refractivity contribution is 7.89. The van der Waals surface area contributed by atoms with Gasteiger partial charge in [-0.05, 0) is 6.92 Å². The van der Waals surface area contributed by atoms with Crippen LogP contribution in [0.2, 0.25) is 0 Å². The second kappa shape index (κ2) is 5.81. The molecule has 1 heterocycles. The highest BCUT2D eigenvalue weighted by Gasteiger charge is 2.32. The normalized spacial score (nSPS) is 11.5. The van der Waals surface area contributed by atoms with Crippen molar-refractivity contribution < 1.29 is 18.3 Å². The summed E-state index contributed by atoms with van der Waals surface area (Å²) >= 11 is 0. The Hall–Kier alpha value is -1.93. The molecule has 2 N–H and O–H groups in total. The summed E-state index contributed by atoms with van der Waals surface area (Å²) in [5, 5.41) is 14.9. The molecule has 0 radical (unpaired) electrons. The molecule has 0 spiro atoms. The molecule has 7 nitrogen and oxygen atoms in total. The number of rotatable bonds is 7. The monoisotopic (exact) mass is 285 g/mol. The summed E-state index contributed by atoms with van der Waals surface area (Å²) < 4.78 is 25.9. The van der Waals surface area contributed by atoms with Crippen molar-refractivity contribution in [3.63, 3.8) is 0 Å². The Bertz CT molecular complexity index is 593. The first-order valence-electron chi connectivity index (χ1n) is 5.36. The lowest BCUT2D eigenvalue weighted by atomic mass is 10.4. The molecule has 104 valence electrons. The number of carbonyl (C=O) groups is 1. The van der Waals surface area contributed by atoms with Crippen molar-refractivity contribution in [3.8, 4) is 0 Å². The minimum atomic E-state index is -3.97. The summed E-state index contributed by atoms with van der Waals surface area (Å²) in [7, 11) is -3.97. The lowest BCUT2D eigenvalue weighted by Gasteiger charge is -2.18. The van der Waals surface area contributed by atoms with E-state index < -0.39 is 21.7 Å². The smallest absolute Gasteiger partial charge is 0.357 e. The summed E-state index contributed by atoms with van der Waals surface area (Å²) in [5.41, 5.74) is -0.342. The first kappa shape index (κ1) is 15.1. The molecule has 0 unspecified atom stereocenters. The van der Waals surface area contributed by atoms with Crippen LogP contribution < -0.4 is 0 Å². The Morgan fingerprint density at radius 1 is 1.42 bits per heavy atom. The maximum absolute atomic E-state index is 12.4. The maximum atomic E-state index is 12.4. The Kier molecular flexibility index (Phi) is 4.62. The molecule has 8 heteroatoms. The average Bonchev–Trinajstić information content (AvgIpc) is 2.71. The van der Waals surface area contributed by atoms with Crippen LogP contribution >= 0.6 is 0 Å². The van der Waals surface area contributed by atoms with Gasteiger partial charge in [0.15, 0.2) is 5.69 Å². The Morgan fingerprint density at radius 3 is 2.37 bits per heavy atom. The van der Waals surface area contributed by atoms with Crippen LogP contribution in [0.3, 0.4) is 0 Å². The van der Waals surface area contributed by atoms with Gasteiger partial charge >= 0.3 is 5.97 Å². The molecule has 1 rings (SSSR count). The number of carboxylic acid groups (broad SMARTS) is 1. The van der Waals surface area contributed by atoms with Crippen LogP contribution in [0, 0.1) is 6.92 Å². The SMILES string of the molecule is C=CCN(CC=C)S(=O)(=O)c1c(C(=O)O)n[nH]c1C. The van der Waals surface area contributed by atoms with Gasteiger partial charge in [-0.3, -0.25) is 5.10 Å². The van der Waals surface area contributed by atoms with E-state index in [4.69, 9.17) is 5.11 Å². The summed E-state index contributed by atoms with van der Waals surface area (Å²) in [4.78, 5) is 10.7. The molecule has 0 aliphatic rings. The molecule has 19 heavy (non-hydrogen) atoms.